The molecule has 0 saturated carbocycles. The topological polar surface area (TPSA) is 33.1 Å². The van der Waals surface area contributed by atoms with Gasteiger partial charge in [-0.15, -0.1) is 0 Å². The molecule has 2 aromatic rings. The highest BCUT2D eigenvalue weighted by molar-refractivity contribution is 5.46. The number of benzene rings is 1. The van der Waals surface area contributed by atoms with Crippen molar-refractivity contribution in [3.63, 3.8) is 0 Å². The van der Waals surface area contributed by atoms with E-state index in [0.717, 1.165) is 26.1 Å². The molecule has 0 spiro atoms. The van der Waals surface area contributed by atoms with Crippen LogP contribution < -0.4 is 5.32 Å². The zero-order chi connectivity index (χ0) is 16.8. The SMILES string of the molecule is CC(C)c1ccc(N[C@H]2CCCN(CCCn3cccn3)C2)cc1. The lowest BCUT2D eigenvalue weighted by Crippen LogP contribution is -2.42. The molecule has 0 unspecified atom stereocenters. The van der Waals surface area contributed by atoms with Gasteiger partial charge in [0.1, 0.15) is 0 Å². The zero-order valence-corrected chi connectivity index (χ0v) is 15.0. The fourth-order valence-corrected chi connectivity index (χ4v) is 3.47. The van der Waals surface area contributed by atoms with Gasteiger partial charge in [-0.1, -0.05) is 26.0 Å². The van der Waals surface area contributed by atoms with E-state index < -0.39 is 0 Å². The summed E-state index contributed by atoms with van der Waals surface area (Å²) in [6.45, 7) is 9.02. The third-order valence-electron chi connectivity index (χ3n) is 4.87. The average molecular weight is 326 g/mol. The molecule has 4 heteroatoms. The number of hydrogen-bond donors (Lipinski definition) is 1. The van der Waals surface area contributed by atoms with Gasteiger partial charge in [0.05, 0.1) is 0 Å². The number of piperidine rings is 1. The van der Waals surface area contributed by atoms with Gasteiger partial charge in [-0.2, -0.15) is 5.10 Å². The first-order valence-corrected chi connectivity index (χ1v) is 9.27. The van der Waals surface area contributed by atoms with E-state index in [1.165, 1.54) is 30.6 Å². The van der Waals surface area contributed by atoms with E-state index in [9.17, 15) is 0 Å². The minimum atomic E-state index is 0.563. The Balaban J connectivity index is 1.44. The van der Waals surface area contributed by atoms with Crippen LogP contribution in [0.15, 0.2) is 42.7 Å². The highest BCUT2D eigenvalue weighted by Gasteiger charge is 2.19. The standard InChI is InChI=1S/C20H30N4/c1-17(2)18-7-9-19(10-8-18)22-20-6-3-12-23(16-20)13-5-15-24-14-4-11-21-24/h4,7-11,14,17,20,22H,3,5-6,12-13,15-16H2,1-2H3/t20-/m0/s1. The molecular formula is C20H30N4. The highest BCUT2D eigenvalue weighted by atomic mass is 15.3. The van der Waals surface area contributed by atoms with Gasteiger partial charge in [-0.25, -0.2) is 0 Å². The molecule has 1 aromatic carbocycles. The quantitative estimate of drug-likeness (QED) is 0.835. The van der Waals surface area contributed by atoms with Gasteiger partial charge < -0.3 is 10.2 Å². The van der Waals surface area contributed by atoms with E-state index in [0.29, 0.717) is 12.0 Å². The van der Waals surface area contributed by atoms with Crippen molar-refractivity contribution in [2.45, 2.75) is 51.6 Å². The maximum absolute atomic E-state index is 4.27. The summed E-state index contributed by atoms with van der Waals surface area (Å²) in [7, 11) is 0. The van der Waals surface area contributed by atoms with Crippen molar-refractivity contribution in [2.75, 3.05) is 25.0 Å². The van der Waals surface area contributed by atoms with Gasteiger partial charge in [0.2, 0.25) is 0 Å². The fraction of sp³-hybridized carbons (Fsp3) is 0.550. The van der Waals surface area contributed by atoms with Crippen molar-refractivity contribution in [3.05, 3.63) is 48.3 Å². The van der Waals surface area contributed by atoms with Gasteiger partial charge >= 0.3 is 0 Å². The molecule has 1 saturated heterocycles. The number of hydrogen-bond acceptors (Lipinski definition) is 3. The number of aromatic nitrogens is 2. The van der Waals surface area contributed by atoms with Crippen molar-refractivity contribution in [2.24, 2.45) is 0 Å². The summed E-state index contributed by atoms with van der Waals surface area (Å²) in [5.74, 6) is 0.596. The number of aryl methyl sites for hydroxylation is 1. The second kappa shape index (κ2) is 8.34. The number of nitrogens with one attached hydrogen (secondary N) is 1. The van der Waals surface area contributed by atoms with Crippen LogP contribution in [0.25, 0.3) is 0 Å². The van der Waals surface area contributed by atoms with Crippen LogP contribution in [0.4, 0.5) is 5.69 Å². The van der Waals surface area contributed by atoms with Gasteiger partial charge in [0, 0.05) is 37.2 Å². The van der Waals surface area contributed by atoms with E-state index in [2.05, 4.69) is 53.4 Å². The largest absolute Gasteiger partial charge is 0.381 e. The summed E-state index contributed by atoms with van der Waals surface area (Å²) in [5, 5.41) is 8.00. The van der Waals surface area contributed by atoms with Crippen molar-refractivity contribution >= 4 is 5.69 Å². The molecule has 1 aromatic heterocycles. The molecule has 2 heterocycles. The highest BCUT2D eigenvalue weighted by Crippen LogP contribution is 2.20. The van der Waals surface area contributed by atoms with Crippen LogP contribution in [0, 0.1) is 0 Å². The van der Waals surface area contributed by atoms with E-state index in [1.54, 1.807) is 0 Å². The van der Waals surface area contributed by atoms with Gasteiger partial charge in [0.25, 0.3) is 0 Å². The summed E-state index contributed by atoms with van der Waals surface area (Å²) in [4.78, 5) is 2.59. The lowest BCUT2D eigenvalue weighted by molar-refractivity contribution is 0.210. The summed E-state index contributed by atoms with van der Waals surface area (Å²) in [6.07, 6.45) is 7.61. The number of rotatable bonds is 7. The number of likely N-dealkylation sites (tertiary alicyclic amines) is 1. The predicted octanol–water partition coefficient (Wildman–Crippen LogP) is 3.97. The molecule has 0 aliphatic carbocycles. The molecule has 3 rings (SSSR count). The Morgan fingerprint density at radius 3 is 2.75 bits per heavy atom. The van der Waals surface area contributed by atoms with E-state index in [1.807, 2.05) is 23.1 Å². The fourth-order valence-electron chi connectivity index (χ4n) is 3.47. The average Bonchev–Trinajstić information content (AvgIpc) is 3.09. The molecule has 0 bridgehead atoms. The summed E-state index contributed by atoms with van der Waals surface area (Å²) < 4.78 is 2.02. The Hall–Kier alpha value is -1.81. The summed E-state index contributed by atoms with van der Waals surface area (Å²) >= 11 is 0. The molecule has 1 aliphatic heterocycles. The molecule has 4 nitrogen and oxygen atoms in total. The first kappa shape index (κ1) is 17.0. The first-order valence-electron chi connectivity index (χ1n) is 9.27. The van der Waals surface area contributed by atoms with E-state index >= 15 is 0 Å². The molecule has 1 fully saturated rings. The predicted molar refractivity (Wildman–Crippen MR) is 100 cm³/mol. The Morgan fingerprint density at radius 2 is 2.04 bits per heavy atom. The second-order valence-corrected chi connectivity index (χ2v) is 7.18. The van der Waals surface area contributed by atoms with Gasteiger partial charge in [0.15, 0.2) is 0 Å². The third kappa shape index (κ3) is 4.84. The number of anilines is 1. The lowest BCUT2D eigenvalue weighted by atomic mass is 10.0. The molecule has 0 radical (unpaired) electrons. The molecule has 0 amide bonds. The van der Waals surface area contributed by atoms with Crippen LogP contribution >= 0.6 is 0 Å². The first-order chi connectivity index (χ1) is 11.7. The normalized spacial score (nSPS) is 18.9. The number of nitrogens with zero attached hydrogens (tertiary/aromatic N) is 3. The van der Waals surface area contributed by atoms with Crippen molar-refractivity contribution in [1.29, 1.82) is 0 Å². The molecule has 1 N–H and O–H groups in total. The molecule has 1 aliphatic rings. The molecule has 24 heavy (non-hydrogen) atoms. The maximum atomic E-state index is 4.27. The minimum absolute atomic E-state index is 0.563. The zero-order valence-electron chi connectivity index (χ0n) is 15.0. The molecular weight excluding hydrogens is 296 g/mol. The summed E-state index contributed by atoms with van der Waals surface area (Å²) in [5.41, 5.74) is 2.66. The van der Waals surface area contributed by atoms with Crippen molar-refractivity contribution in [1.82, 2.24) is 14.7 Å². The maximum Gasteiger partial charge on any atom is 0.0489 e. The van der Waals surface area contributed by atoms with Gasteiger partial charge in [-0.05, 0) is 62.0 Å². The van der Waals surface area contributed by atoms with Crippen molar-refractivity contribution in [3.8, 4) is 0 Å². The monoisotopic (exact) mass is 326 g/mol. The van der Waals surface area contributed by atoms with E-state index in [4.69, 9.17) is 0 Å². The van der Waals surface area contributed by atoms with E-state index in [-0.39, 0.29) is 0 Å². The smallest absolute Gasteiger partial charge is 0.0489 e. The van der Waals surface area contributed by atoms with Crippen molar-refractivity contribution < 1.29 is 0 Å². The van der Waals surface area contributed by atoms with Crippen LogP contribution in [0.3, 0.4) is 0 Å². The van der Waals surface area contributed by atoms with Crippen LogP contribution in [0.1, 0.15) is 44.6 Å². The lowest BCUT2D eigenvalue weighted by Gasteiger charge is -2.33. The van der Waals surface area contributed by atoms with Crippen LogP contribution in [0.5, 0.6) is 0 Å². The van der Waals surface area contributed by atoms with Gasteiger partial charge in [-0.3, -0.25) is 4.68 Å². The van der Waals surface area contributed by atoms with Crippen LogP contribution in [-0.4, -0.2) is 40.4 Å². The molecule has 1 atom stereocenters. The third-order valence-corrected chi connectivity index (χ3v) is 4.87. The summed E-state index contributed by atoms with van der Waals surface area (Å²) in [6, 6.07) is 11.5. The van der Waals surface area contributed by atoms with Crippen LogP contribution in [-0.2, 0) is 6.54 Å². The Morgan fingerprint density at radius 1 is 1.21 bits per heavy atom. The van der Waals surface area contributed by atoms with Crippen LogP contribution in [0.2, 0.25) is 0 Å². The molecule has 130 valence electrons. The Labute approximate surface area is 145 Å². The second-order valence-electron chi connectivity index (χ2n) is 7.18. The Bertz CT molecular complexity index is 589. The minimum Gasteiger partial charge on any atom is -0.381 e. The Kier molecular flexibility index (Phi) is 5.91.